The Bertz CT molecular complexity index is 864. The molecular formula is C17H17BrN2O3S2. The number of carbonyl (C=O) groups is 1. The van der Waals surface area contributed by atoms with E-state index in [1.807, 2.05) is 11.8 Å². The summed E-state index contributed by atoms with van der Waals surface area (Å²) >= 11 is 5.13. The Morgan fingerprint density at radius 1 is 1.08 bits per heavy atom. The van der Waals surface area contributed by atoms with Crippen LogP contribution < -0.4 is 4.72 Å². The first-order valence-corrected chi connectivity index (χ1v) is 11.1. The van der Waals surface area contributed by atoms with Crippen molar-refractivity contribution in [2.45, 2.75) is 4.90 Å². The van der Waals surface area contributed by atoms with Crippen molar-refractivity contribution in [1.82, 2.24) is 4.90 Å². The maximum atomic E-state index is 12.6. The standard InChI is InChI=1S/C17H17BrN2O3S2/c18-14-4-6-15(7-5-14)19-25(22,23)16-3-1-2-13(12-16)17(21)20-8-10-24-11-9-20/h1-7,12,19H,8-11H2. The molecule has 0 saturated carbocycles. The van der Waals surface area contributed by atoms with E-state index in [1.54, 1.807) is 41.3 Å². The molecule has 5 nitrogen and oxygen atoms in total. The second-order valence-corrected chi connectivity index (χ2v) is 9.37. The zero-order valence-electron chi connectivity index (χ0n) is 13.3. The molecule has 0 spiro atoms. The molecule has 0 bridgehead atoms. The van der Waals surface area contributed by atoms with E-state index >= 15 is 0 Å². The van der Waals surface area contributed by atoms with Crippen LogP contribution in [-0.2, 0) is 10.0 Å². The summed E-state index contributed by atoms with van der Waals surface area (Å²) in [6.07, 6.45) is 0. The molecule has 8 heteroatoms. The molecule has 3 rings (SSSR count). The number of carbonyl (C=O) groups excluding carboxylic acids is 1. The van der Waals surface area contributed by atoms with Gasteiger partial charge in [-0.3, -0.25) is 9.52 Å². The number of hydrogen-bond acceptors (Lipinski definition) is 4. The monoisotopic (exact) mass is 440 g/mol. The molecule has 1 N–H and O–H groups in total. The lowest BCUT2D eigenvalue weighted by atomic mass is 10.2. The number of nitrogens with zero attached hydrogens (tertiary/aromatic N) is 1. The van der Waals surface area contributed by atoms with Crippen LogP contribution in [0.15, 0.2) is 57.9 Å². The van der Waals surface area contributed by atoms with Crippen LogP contribution in [0.25, 0.3) is 0 Å². The fourth-order valence-corrected chi connectivity index (χ4v) is 4.75. The molecule has 0 radical (unpaired) electrons. The molecule has 0 atom stereocenters. The Labute approximate surface area is 160 Å². The van der Waals surface area contributed by atoms with Crippen LogP contribution in [0.4, 0.5) is 5.69 Å². The first-order chi connectivity index (χ1) is 12.0. The Balaban J connectivity index is 1.82. The summed E-state index contributed by atoms with van der Waals surface area (Å²) in [6, 6.07) is 13.0. The fraction of sp³-hybridized carbons (Fsp3) is 0.235. The fourth-order valence-electron chi connectivity index (χ4n) is 2.48. The maximum Gasteiger partial charge on any atom is 0.261 e. The van der Waals surface area contributed by atoms with Gasteiger partial charge in [-0.15, -0.1) is 0 Å². The van der Waals surface area contributed by atoms with Gasteiger partial charge in [-0.1, -0.05) is 22.0 Å². The second kappa shape index (κ2) is 7.80. The number of hydrogen-bond donors (Lipinski definition) is 1. The van der Waals surface area contributed by atoms with Crippen molar-refractivity contribution in [2.75, 3.05) is 29.3 Å². The minimum absolute atomic E-state index is 0.0765. The summed E-state index contributed by atoms with van der Waals surface area (Å²) in [5.74, 6) is 1.70. The summed E-state index contributed by atoms with van der Waals surface area (Å²) in [5, 5.41) is 0. The molecule has 0 aromatic heterocycles. The molecule has 0 unspecified atom stereocenters. The molecule has 1 fully saturated rings. The SMILES string of the molecule is O=C(c1cccc(S(=O)(=O)Nc2ccc(Br)cc2)c1)N1CCSCC1. The third-order valence-corrected chi connectivity index (χ3v) is 6.64. The van der Waals surface area contributed by atoms with Gasteiger partial charge in [-0.2, -0.15) is 11.8 Å². The van der Waals surface area contributed by atoms with Crippen LogP contribution in [0.2, 0.25) is 0 Å². The lowest BCUT2D eigenvalue weighted by molar-refractivity contribution is 0.0772. The molecular weight excluding hydrogens is 424 g/mol. The number of halogens is 1. The molecule has 2 aromatic rings. The normalized spacial score (nSPS) is 15.0. The predicted molar refractivity (Wildman–Crippen MR) is 105 cm³/mol. The molecule has 0 aliphatic carbocycles. The quantitative estimate of drug-likeness (QED) is 0.790. The second-order valence-electron chi connectivity index (χ2n) is 5.54. The number of thioether (sulfide) groups is 1. The van der Waals surface area contributed by atoms with Crippen LogP contribution in [-0.4, -0.2) is 43.8 Å². The highest BCUT2D eigenvalue weighted by molar-refractivity contribution is 9.10. The number of nitrogens with one attached hydrogen (secondary N) is 1. The van der Waals surface area contributed by atoms with Gasteiger partial charge in [0.05, 0.1) is 4.90 Å². The van der Waals surface area contributed by atoms with Gasteiger partial charge < -0.3 is 4.90 Å². The van der Waals surface area contributed by atoms with Crippen LogP contribution in [0.3, 0.4) is 0 Å². The van der Waals surface area contributed by atoms with E-state index in [0.717, 1.165) is 16.0 Å². The van der Waals surface area contributed by atoms with E-state index in [-0.39, 0.29) is 10.8 Å². The summed E-state index contributed by atoms with van der Waals surface area (Å²) in [4.78, 5) is 14.4. The van der Waals surface area contributed by atoms with Crippen molar-refractivity contribution >= 4 is 49.3 Å². The summed E-state index contributed by atoms with van der Waals surface area (Å²) < 4.78 is 28.6. The van der Waals surface area contributed by atoms with Crippen LogP contribution in [0.1, 0.15) is 10.4 Å². The zero-order valence-corrected chi connectivity index (χ0v) is 16.5. The molecule has 1 amide bonds. The lowest BCUT2D eigenvalue weighted by Crippen LogP contribution is -2.37. The summed E-state index contributed by atoms with van der Waals surface area (Å²) in [6.45, 7) is 1.38. The third-order valence-electron chi connectivity index (χ3n) is 3.79. The average Bonchev–Trinajstić information content (AvgIpc) is 2.64. The summed E-state index contributed by atoms with van der Waals surface area (Å²) in [7, 11) is -3.75. The van der Waals surface area contributed by atoms with Gasteiger partial charge in [0, 0.05) is 40.3 Å². The van der Waals surface area contributed by atoms with E-state index in [1.165, 1.54) is 12.1 Å². The third kappa shape index (κ3) is 4.56. The van der Waals surface area contributed by atoms with Crippen LogP contribution in [0.5, 0.6) is 0 Å². The van der Waals surface area contributed by atoms with Crippen molar-refractivity contribution in [3.8, 4) is 0 Å². The lowest BCUT2D eigenvalue weighted by Gasteiger charge is -2.26. The maximum absolute atomic E-state index is 12.6. The first kappa shape index (κ1) is 18.3. The van der Waals surface area contributed by atoms with E-state index < -0.39 is 10.0 Å². The molecule has 25 heavy (non-hydrogen) atoms. The van der Waals surface area contributed by atoms with Crippen molar-refractivity contribution < 1.29 is 13.2 Å². The van der Waals surface area contributed by atoms with Crippen molar-refractivity contribution in [2.24, 2.45) is 0 Å². The number of sulfonamides is 1. The van der Waals surface area contributed by atoms with Crippen LogP contribution >= 0.6 is 27.7 Å². The first-order valence-electron chi connectivity index (χ1n) is 7.71. The molecule has 1 saturated heterocycles. The van der Waals surface area contributed by atoms with Crippen LogP contribution in [0, 0.1) is 0 Å². The van der Waals surface area contributed by atoms with Gasteiger partial charge in [-0.25, -0.2) is 8.42 Å². The minimum atomic E-state index is -3.75. The highest BCUT2D eigenvalue weighted by atomic mass is 79.9. The van der Waals surface area contributed by atoms with Gasteiger partial charge in [0.2, 0.25) is 0 Å². The molecule has 1 aliphatic heterocycles. The highest BCUT2D eigenvalue weighted by Crippen LogP contribution is 2.20. The Kier molecular flexibility index (Phi) is 5.71. The average molecular weight is 441 g/mol. The predicted octanol–water partition coefficient (Wildman–Crippen LogP) is 3.44. The van der Waals surface area contributed by atoms with Crippen molar-refractivity contribution in [1.29, 1.82) is 0 Å². The Hall–Kier alpha value is -1.51. The number of anilines is 1. The molecule has 2 aromatic carbocycles. The van der Waals surface area contributed by atoms with E-state index in [0.29, 0.717) is 24.3 Å². The highest BCUT2D eigenvalue weighted by Gasteiger charge is 2.21. The summed E-state index contributed by atoms with van der Waals surface area (Å²) in [5.41, 5.74) is 0.860. The van der Waals surface area contributed by atoms with Gasteiger partial charge in [-0.05, 0) is 42.5 Å². The van der Waals surface area contributed by atoms with Gasteiger partial charge in [0.15, 0.2) is 0 Å². The van der Waals surface area contributed by atoms with E-state index in [4.69, 9.17) is 0 Å². The smallest absolute Gasteiger partial charge is 0.261 e. The molecule has 1 heterocycles. The van der Waals surface area contributed by atoms with E-state index in [2.05, 4.69) is 20.7 Å². The Morgan fingerprint density at radius 2 is 1.76 bits per heavy atom. The zero-order chi connectivity index (χ0) is 17.9. The van der Waals surface area contributed by atoms with Crippen molar-refractivity contribution in [3.63, 3.8) is 0 Å². The van der Waals surface area contributed by atoms with Gasteiger partial charge in [0.1, 0.15) is 0 Å². The topological polar surface area (TPSA) is 66.5 Å². The molecule has 1 aliphatic rings. The van der Waals surface area contributed by atoms with Gasteiger partial charge >= 0.3 is 0 Å². The van der Waals surface area contributed by atoms with Crippen molar-refractivity contribution in [3.05, 3.63) is 58.6 Å². The van der Waals surface area contributed by atoms with E-state index in [9.17, 15) is 13.2 Å². The largest absolute Gasteiger partial charge is 0.337 e. The minimum Gasteiger partial charge on any atom is -0.337 e. The Morgan fingerprint density at radius 3 is 2.44 bits per heavy atom. The number of benzene rings is 2. The van der Waals surface area contributed by atoms with Gasteiger partial charge in [0.25, 0.3) is 15.9 Å². The number of rotatable bonds is 4. The molecule has 132 valence electrons. The number of amides is 1.